The van der Waals surface area contributed by atoms with Crippen LogP contribution in [0.2, 0.25) is 0 Å². The highest BCUT2D eigenvalue weighted by molar-refractivity contribution is 5.75. The molecule has 2 atom stereocenters. The molecule has 0 aliphatic carbocycles. The van der Waals surface area contributed by atoms with Crippen LogP contribution in [0.4, 0.5) is 0 Å². The lowest BCUT2D eigenvalue weighted by atomic mass is 9.86. The topological polar surface area (TPSA) is 26.3 Å². The maximum Gasteiger partial charge on any atom is 0.129 e. The number of hydrogen-bond acceptors (Lipinski definition) is 2. The summed E-state index contributed by atoms with van der Waals surface area (Å²) in [4.78, 5) is 11.0. The molecule has 0 N–H and O–H groups in total. The maximum atomic E-state index is 11.0. The van der Waals surface area contributed by atoms with E-state index in [4.69, 9.17) is 4.74 Å². The van der Waals surface area contributed by atoms with Crippen LogP contribution in [0.15, 0.2) is 24.3 Å². The lowest BCUT2D eigenvalue weighted by molar-refractivity contribution is -0.117. The molecule has 2 nitrogen and oxygen atoms in total. The number of benzene rings is 1. The summed E-state index contributed by atoms with van der Waals surface area (Å²) in [5.41, 5.74) is 1.33. The van der Waals surface area contributed by atoms with Crippen molar-refractivity contribution in [1.82, 2.24) is 0 Å². The van der Waals surface area contributed by atoms with Gasteiger partial charge in [0.1, 0.15) is 11.5 Å². The smallest absolute Gasteiger partial charge is 0.129 e. The predicted octanol–water partition coefficient (Wildman–Crippen LogP) is 3.88. The molecule has 0 amide bonds. The van der Waals surface area contributed by atoms with E-state index in [1.165, 1.54) is 5.56 Å². The third-order valence-corrected chi connectivity index (χ3v) is 3.64. The summed E-state index contributed by atoms with van der Waals surface area (Å²) in [6, 6.07) is 8.24. The predicted molar refractivity (Wildman–Crippen MR) is 74.9 cm³/mol. The van der Waals surface area contributed by atoms with Crippen molar-refractivity contribution in [1.29, 1.82) is 0 Å². The Bertz CT molecular complexity index is 367. The standard InChI is InChI=1S/C16H24O2/c1-12(5-6-14(3)17)13(2)11-15-7-9-16(18-4)10-8-15/h7-10,12-13H,5-6,11H2,1-4H3. The zero-order valence-corrected chi connectivity index (χ0v) is 11.9. The summed E-state index contributed by atoms with van der Waals surface area (Å²) in [6.07, 6.45) is 2.75. The first-order chi connectivity index (χ1) is 8.52. The lowest BCUT2D eigenvalue weighted by Gasteiger charge is -2.19. The minimum Gasteiger partial charge on any atom is -0.497 e. The molecular formula is C16H24O2. The third kappa shape index (κ3) is 4.91. The van der Waals surface area contributed by atoms with Crippen LogP contribution >= 0.6 is 0 Å². The largest absolute Gasteiger partial charge is 0.497 e. The van der Waals surface area contributed by atoms with E-state index >= 15 is 0 Å². The number of methoxy groups -OCH3 is 1. The highest BCUT2D eigenvalue weighted by Crippen LogP contribution is 2.22. The Kier molecular flexibility index (Phi) is 5.90. The van der Waals surface area contributed by atoms with Crippen molar-refractivity contribution in [2.24, 2.45) is 11.8 Å². The zero-order valence-electron chi connectivity index (χ0n) is 11.9. The van der Waals surface area contributed by atoms with Crippen LogP contribution in [0.25, 0.3) is 0 Å². The molecule has 0 aliphatic heterocycles. The number of Topliss-reactive ketones (excluding diaryl/α,β-unsaturated/α-hetero) is 1. The second kappa shape index (κ2) is 7.20. The van der Waals surface area contributed by atoms with Crippen LogP contribution in [0, 0.1) is 11.8 Å². The normalized spacial score (nSPS) is 14.0. The second-order valence-electron chi connectivity index (χ2n) is 5.25. The van der Waals surface area contributed by atoms with E-state index < -0.39 is 0 Å². The molecule has 100 valence electrons. The Balaban J connectivity index is 2.47. The van der Waals surface area contributed by atoms with Crippen molar-refractivity contribution in [3.8, 4) is 5.75 Å². The molecular weight excluding hydrogens is 224 g/mol. The zero-order chi connectivity index (χ0) is 13.5. The average molecular weight is 248 g/mol. The second-order valence-corrected chi connectivity index (χ2v) is 5.25. The first-order valence-corrected chi connectivity index (χ1v) is 6.65. The fourth-order valence-electron chi connectivity index (χ4n) is 2.05. The number of hydrogen-bond donors (Lipinski definition) is 0. The van der Waals surface area contributed by atoms with Gasteiger partial charge < -0.3 is 9.53 Å². The Labute approximate surface area is 110 Å². The summed E-state index contributed by atoms with van der Waals surface area (Å²) in [6.45, 7) is 6.16. The highest BCUT2D eigenvalue weighted by atomic mass is 16.5. The number of ketones is 1. The molecule has 2 heteroatoms. The van der Waals surface area contributed by atoms with Gasteiger partial charge in [0.15, 0.2) is 0 Å². The van der Waals surface area contributed by atoms with Gasteiger partial charge in [-0.3, -0.25) is 0 Å². The van der Waals surface area contributed by atoms with E-state index in [2.05, 4.69) is 26.0 Å². The SMILES string of the molecule is COc1ccc(CC(C)C(C)CCC(C)=O)cc1. The van der Waals surface area contributed by atoms with Crippen LogP contribution in [-0.4, -0.2) is 12.9 Å². The first-order valence-electron chi connectivity index (χ1n) is 6.65. The van der Waals surface area contributed by atoms with Gasteiger partial charge in [-0.15, -0.1) is 0 Å². The van der Waals surface area contributed by atoms with Crippen molar-refractivity contribution in [3.63, 3.8) is 0 Å². The summed E-state index contributed by atoms with van der Waals surface area (Å²) in [5.74, 6) is 2.36. The van der Waals surface area contributed by atoms with Crippen LogP contribution < -0.4 is 4.74 Å². The van der Waals surface area contributed by atoms with Crippen molar-refractivity contribution in [2.45, 2.75) is 40.0 Å². The first kappa shape index (κ1) is 14.7. The molecule has 0 saturated carbocycles. The monoisotopic (exact) mass is 248 g/mol. The Morgan fingerprint density at radius 2 is 1.78 bits per heavy atom. The molecule has 0 aliphatic rings. The fraction of sp³-hybridized carbons (Fsp3) is 0.562. The molecule has 0 heterocycles. The van der Waals surface area contributed by atoms with Gasteiger partial charge in [-0.1, -0.05) is 26.0 Å². The quantitative estimate of drug-likeness (QED) is 0.732. The van der Waals surface area contributed by atoms with Crippen molar-refractivity contribution in [3.05, 3.63) is 29.8 Å². The van der Waals surface area contributed by atoms with Gasteiger partial charge in [-0.2, -0.15) is 0 Å². The van der Waals surface area contributed by atoms with Crippen molar-refractivity contribution < 1.29 is 9.53 Å². The Morgan fingerprint density at radius 1 is 1.17 bits per heavy atom. The number of rotatable bonds is 7. The molecule has 0 bridgehead atoms. The van der Waals surface area contributed by atoms with Gasteiger partial charge >= 0.3 is 0 Å². The molecule has 1 aromatic carbocycles. The van der Waals surface area contributed by atoms with Crippen LogP contribution in [-0.2, 0) is 11.2 Å². The van der Waals surface area contributed by atoms with E-state index in [1.807, 2.05) is 12.1 Å². The fourth-order valence-corrected chi connectivity index (χ4v) is 2.05. The van der Waals surface area contributed by atoms with Crippen LogP contribution in [0.3, 0.4) is 0 Å². The van der Waals surface area contributed by atoms with E-state index in [0.717, 1.165) is 18.6 Å². The molecule has 0 saturated heterocycles. The molecule has 0 aromatic heterocycles. The molecule has 2 unspecified atom stereocenters. The highest BCUT2D eigenvalue weighted by Gasteiger charge is 2.13. The van der Waals surface area contributed by atoms with E-state index in [-0.39, 0.29) is 0 Å². The van der Waals surface area contributed by atoms with Crippen LogP contribution in [0.1, 0.15) is 39.2 Å². The Hall–Kier alpha value is -1.31. The van der Waals surface area contributed by atoms with Crippen LogP contribution in [0.5, 0.6) is 5.75 Å². The Morgan fingerprint density at radius 3 is 2.28 bits per heavy atom. The summed E-state index contributed by atoms with van der Waals surface area (Å²) in [7, 11) is 1.68. The lowest BCUT2D eigenvalue weighted by Crippen LogP contribution is -2.12. The molecule has 1 rings (SSSR count). The van der Waals surface area contributed by atoms with Gasteiger partial charge in [0.2, 0.25) is 0 Å². The molecule has 18 heavy (non-hydrogen) atoms. The molecule has 0 fully saturated rings. The molecule has 0 radical (unpaired) electrons. The minimum absolute atomic E-state index is 0.290. The number of carbonyl (C=O) groups is 1. The summed E-state index contributed by atoms with van der Waals surface area (Å²) < 4.78 is 5.15. The van der Waals surface area contributed by atoms with Gasteiger partial charge in [-0.05, 0) is 49.3 Å². The molecule has 1 aromatic rings. The molecule has 0 spiro atoms. The maximum absolute atomic E-state index is 11.0. The average Bonchev–Trinajstić information content (AvgIpc) is 2.36. The minimum atomic E-state index is 0.290. The number of ether oxygens (including phenoxy) is 1. The van der Waals surface area contributed by atoms with Gasteiger partial charge in [0.25, 0.3) is 0 Å². The van der Waals surface area contributed by atoms with E-state index in [0.29, 0.717) is 24.0 Å². The van der Waals surface area contributed by atoms with E-state index in [1.54, 1.807) is 14.0 Å². The van der Waals surface area contributed by atoms with E-state index in [9.17, 15) is 4.79 Å². The van der Waals surface area contributed by atoms with Gasteiger partial charge in [-0.25, -0.2) is 0 Å². The summed E-state index contributed by atoms with van der Waals surface area (Å²) in [5, 5.41) is 0. The van der Waals surface area contributed by atoms with Crippen molar-refractivity contribution in [2.75, 3.05) is 7.11 Å². The van der Waals surface area contributed by atoms with Gasteiger partial charge in [0.05, 0.1) is 7.11 Å². The van der Waals surface area contributed by atoms with Crippen molar-refractivity contribution >= 4 is 5.78 Å². The number of carbonyl (C=O) groups excluding carboxylic acids is 1. The summed E-state index contributed by atoms with van der Waals surface area (Å²) >= 11 is 0. The third-order valence-electron chi connectivity index (χ3n) is 3.64. The van der Waals surface area contributed by atoms with Gasteiger partial charge in [0, 0.05) is 6.42 Å².